The molecule has 0 amide bonds. The summed E-state index contributed by atoms with van der Waals surface area (Å²) >= 11 is 0. The van der Waals surface area contributed by atoms with Gasteiger partial charge in [0.1, 0.15) is 35.0 Å². The van der Waals surface area contributed by atoms with E-state index in [0.29, 0.717) is 24.5 Å². The van der Waals surface area contributed by atoms with Gasteiger partial charge in [0.05, 0.1) is 12.2 Å². The highest BCUT2D eigenvalue weighted by Gasteiger charge is 2.33. The summed E-state index contributed by atoms with van der Waals surface area (Å²) in [5.41, 5.74) is 2.06. The zero-order valence-electron chi connectivity index (χ0n) is 18.3. The molecule has 1 aromatic carbocycles. The number of nitrogens with zero attached hydrogens (tertiary/aromatic N) is 4. The van der Waals surface area contributed by atoms with Gasteiger partial charge < -0.3 is 9.47 Å². The zero-order chi connectivity index (χ0) is 21.3. The first kappa shape index (κ1) is 20.4. The Bertz CT molecular complexity index is 1090. The molecular formula is C23H30N4O3. The molecule has 30 heavy (non-hydrogen) atoms. The smallest absolute Gasteiger partial charge is 0.279 e. The van der Waals surface area contributed by atoms with Gasteiger partial charge in [0.15, 0.2) is 5.52 Å². The molecule has 2 heterocycles. The van der Waals surface area contributed by atoms with Crippen LogP contribution in [0.25, 0.3) is 11.0 Å². The summed E-state index contributed by atoms with van der Waals surface area (Å²) in [6.45, 7) is 6.91. The number of hydrogen-bond acceptors (Lipinski definition) is 5. The lowest BCUT2D eigenvalue weighted by Crippen LogP contribution is -2.39. The molecule has 0 radical (unpaired) electrons. The molecule has 0 atom stereocenters. The molecular weight excluding hydrogens is 380 g/mol. The quantitative estimate of drug-likeness (QED) is 0.565. The lowest BCUT2D eigenvalue weighted by molar-refractivity contribution is 0.0112. The van der Waals surface area contributed by atoms with Gasteiger partial charge in [0, 0.05) is 7.05 Å². The third kappa shape index (κ3) is 3.93. The minimum atomic E-state index is -0.0732. The van der Waals surface area contributed by atoms with E-state index < -0.39 is 0 Å². The largest absolute Gasteiger partial charge is 0.492 e. The first-order valence-electron chi connectivity index (χ1n) is 10.7. The van der Waals surface area contributed by atoms with Crippen molar-refractivity contribution in [3.8, 4) is 11.5 Å². The molecule has 1 aliphatic carbocycles. The minimum Gasteiger partial charge on any atom is -0.492 e. The van der Waals surface area contributed by atoms with Crippen LogP contribution >= 0.6 is 0 Å². The van der Waals surface area contributed by atoms with Crippen LogP contribution in [0.1, 0.15) is 51.0 Å². The number of hydrogen-bond donors (Lipinski definition) is 0. The Labute approximate surface area is 176 Å². The monoisotopic (exact) mass is 410 g/mol. The normalized spacial score (nSPS) is 15.2. The second-order valence-corrected chi connectivity index (χ2v) is 8.36. The van der Waals surface area contributed by atoms with Crippen molar-refractivity contribution in [3.63, 3.8) is 0 Å². The van der Waals surface area contributed by atoms with Crippen LogP contribution in [-0.4, -0.2) is 31.5 Å². The van der Waals surface area contributed by atoms with E-state index in [-0.39, 0.29) is 11.2 Å². The summed E-state index contributed by atoms with van der Waals surface area (Å²) in [7, 11) is 1.80. The number of ether oxygens (including phenoxy) is 2. The molecule has 160 valence electrons. The van der Waals surface area contributed by atoms with Crippen LogP contribution in [0, 0.1) is 6.92 Å². The molecule has 2 aromatic heterocycles. The molecule has 0 saturated heterocycles. The third-order valence-corrected chi connectivity index (χ3v) is 5.87. The average molecular weight is 411 g/mol. The van der Waals surface area contributed by atoms with E-state index in [1.165, 1.54) is 6.42 Å². The van der Waals surface area contributed by atoms with Crippen LogP contribution in [0.2, 0.25) is 0 Å². The summed E-state index contributed by atoms with van der Waals surface area (Å²) in [6.07, 6.45) is 5.22. The molecule has 1 aliphatic rings. The van der Waals surface area contributed by atoms with Crippen LogP contribution in [0.15, 0.2) is 29.1 Å². The summed E-state index contributed by atoms with van der Waals surface area (Å²) in [5, 5.41) is 4.49. The van der Waals surface area contributed by atoms with Crippen LogP contribution in [-0.2, 0) is 20.0 Å². The van der Waals surface area contributed by atoms with Crippen LogP contribution in [0.5, 0.6) is 11.5 Å². The molecule has 7 heteroatoms. The Balaban J connectivity index is 1.43. The number of aromatic nitrogens is 4. The fourth-order valence-corrected chi connectivity index (χ4v) is 4.01. The zero-order valence-corrected chi connectivity index (χ0v) is 18.3. The van der Waals surface area contributed by atoms with Crippen LogP contribution in [0.4, 0.5) is 0 Å². The van der Waals surface area contributed by atoms with E-state index >= 15 is 0 Å². The lowest BCUT2D eigenvalue weighted by Gasteiger charge is -2.38. The van der Waals surface area contributed by atoms with Crippen molar-refractivity contribution in [1.29, 1.82) is 0 Å². The van der Waals surface area contributed by atoms with E-state index in [0.717, 1.165) is 48.4 Å². The standard InChI is InChI=1S/C23H30N4O3/c1-5-7-19-20-21(26(4)25-19)22(28)27(16(2)24-20)14-15-29-17-8-10-18(11-9-17)30-23(3)12-6-13-23/h8-11H,5-7,12-15H2,1-4H3. The first-order valence-corrected chi connectivity index (χ1v) is 10.7. The molecule has 1 fully saturated rings. The Kier molecular flexibility index (Phi) is 5.54. The summed E-state index contributed by atoms with van der Waals surface area (Å²) in [5.74, 6) is 2.30. The summed E-state index contributed by atoms with van der Waals surface area (Å²) in [4.78, 5) is 17.7. The van der Waals surface area contributed by atoms with Gasteiger partial charge >= 0.3 is 0 Å². The Morgan fingerprint density at radius 2 is 1.87 bits per heavy atom. The highest BCUT2D eigenvalue weighted by Crippen LogP contribution is 2.36. The number of aryl methyl sites for hydroxylation is 3. The van der Waals surface area contributed by atoms with Gasteiger partial charge in [-0.1, -0.05) is 13.3 Å². The van der Waals surface area contributed by atoms with Gasteiger partial charge in [-0.15, -0.1) is 0 Å². The molecule has 0 N–H and O–H groups in total. The van der Waals surface area contributed by atoms with Crippen molar-refractivity contribution >= 4 is 11.0 Å². The minimum absolute atomic E-state index is 0.0183. The summed E-state index contributed by atoms with van der Waals surface area (Å²) in [6, 6.07) is 7.70. The lowest BCUT2D eigenvalue weighted by atomic mass is 9.82. The molecule has 0 spiro atoms. The number of benzene rings is 1. The SMILES string of the molecule is CCCc1nn(C)c2c(=O)n(CCOc3ccc(OC4(C)CCC4)cc3)c(C)nc12. The van der Waals surface area contributed by atoms with Crippen molar-refractivity contribution in [2.45, 2.75) is 65.0 Å². The molecule has 0 aliphatic heterocycles. The van der Waals surface area contributed by atoms with Crippen LogP contribution < -0.4 is 15.0 Å². The first-order chi connectivity index (χ1) is 14.4. The van der Waals surface area contributed by atoms with Crippen molar-refractivity contribution in [2.75, 3.05) is 6.61 Å². The molecule has 7 nitrogen and oxygen atoms in total. The molecule has 0 bridgehead atoms. The number of fused-ring (bicyclic) bond motifs is 1. The highest BCUT2D eigenvalue weighted by atomic mass is 16.5. The van der Waals surface area contributed by atoms with Crippen molar-refractivity contribution in [3.05, 3.63) is 46.1 Å². The fourth-order valence-electron chi connectivity index (χ4n) is 4.01. The van der Waals surface area contributed by atoms with Gasteiger partial charge in [-0.3, -0.25) is 14.0 Å². The Morgan fingerprint density at radius 1 is 1.17 bits per heavy atom. The summed E-state index contributed by atoms with van der Waals surface area (Å²) < 4.78 is 15.2. The van der Waals surface area contributed by atoms with E-state index in [2.05, 4.69) is 23.9 Å². The van der Waals surface area contributed by atoms with Gasteiger partial charge in [0.2, 0.25) is 0 Å². The van der Waals surface area contributed by atoms with E-state index in [1.54, 1.807) is 16.3 Å². The molecule has 4 rings (SSSR count). The van der Waals surface area contributed by atoms with Crippen molar-refractivity contribution in [1.82, 2.24) is 19.3 Å². The van der Waals surface area contributed by atoms with Gasteiger partial charge in [-0.25, -0.2) is 4.98 Å². The predicted molar refractivity (Wildman–Crippen MR) is 116 cm³/mol. The highest BCUT2D eigenvalue weighted by molar-refractivity contribution is 5.76. The van der Waals surface area contributed by atoms with E-state index in [9.17, 15) is 4.79 Å². The van der Waals surface area contributed by atoms with Gasteiger partial charge in [-0.2, -0.15) is 5.10 Å². The predicted octanol–water partition coefficient (Wildman–Crippen LogP) is 3.79. The topological polar surface area (TPSA) is 71.2 Å². The third-order valence-electron chi connectivity index (χ3n) is 5.87. The average Bonchev–Trinajstić information content (AvgIpc) is 3.00. The van der Waals surface area contributed by atoms with Crippen LogP contribution in [0.3, 0.4) is 0 Å². The maximum Gasteiger partial charge on any atom is 0.279 e. The van der Waals surface area contributed by atoms with E-state index in [1.807, 2.05) is 31.2 Å². The maximum absolute atomic E-state index is 13.0. The maximum atomic E-state index is 13.0. The molecule has 1 saturated carbocycles. The second-order valence-electron chi connectivity index (χ2n) is 8.36. The van der Waals surface area contributed by atoms with Gasteiger partial charge in [-0.05, 0) is 63.8 Å². The fraction of sp³-hybridized carbons (Fsp3) is 0.522. The van der Waals surface area contributed by atoms with E-state index in [4.69, 9.17) is 9.47 Å². The molecule has 3 aromatic rings. The second kappa shape index (κ2) is 8.13. The Hall–Kier alpha value is -2.83. The Morgan fingerprint density at radius 3 is 2.50 bits per heavy atom. The molecule has 0 unspecified atom stereocenters. The van der Waals surface area contributed by atoms with Crippen molar-refractivity contribution < 1.29 is 9.47 Å². The number of rotatable bonds is 8. The van der Waals surface area contributed by atoms with Gasteiger partial charge in [0.25, 0.3) is 5.56 Å². The van der Waals surface area contributed by atoms with Crippen molar-refractivity contribution in [2.24, 2.45) is 7.05 Å².